The van der Waals surface area contributed by atoms with Crippen molar-refractivity contribution in [1.82, 2.24) is 15.1 Å². The van der Waals surface area contributed by atoms with E-state index in [0.717, 1.165) is 30.7 Å². The molecular formula is C14H16N4O2S. The molecular weight excluding hydrogens is 288 g/mol. The van der Waals surface area contributed by atoms with Crippen LogP contribution in [-0.2, 0) is 0 Å². The first kappa shape index (κ1) is 13.8. The fourth-order valence-electron chi connectivity index (χ4n) is 2.57. The zero-order valence-electron chi connectivity index (χ0n) is 11.7. The molecule has 2 heterocycles. The Morgan fingerprint density at radius 3 is 2.90 bits per heavy atom. The Kier molecular flexibility index (Phi) is 4.01. The SMILES string of the molecule is COc1ccc([C@H]2CCCN2C(=O)Nc2nncs2)cc1. The minimum absolute atomic E-state index is 0.101. The number of urea groups is 1. The largest absolute Gasteiger partial charge is 0.497 e. The molecule has 1 N–H and O–H groups in total. The fourth-order valence-corrected chi connectivity index (χ4v) is 3.01. The number of carbonyl (C=O) groups excluding carboxylic acids is 1. The van der Waals surface area contributed by atoms with E-state index < -0.39 is 0 Å². The highest BCUT2D eigenvalue weighted by atomic mass is 32.1. The molecule has 0 bridgehead atoms. The van der Waals surface area contributed by atoms with Crippen LogP contribution in [0, 0.1) is 0 Å². The predicted molar refractivity (Wildman–Crippen MR) is 80.6 cm³/mol. The summed E-state index contributed by atoms with van der Waals surface area (Å²) in [4.78, 5) is 14.2. The summed E-state index contributed by atoms with van der Waals surface area (Å²) in [5.41, 5.74) is 2.72. The molecule has 1 aromatic heterocycles. The van der Waals surface area contributed by atoms with Crippen LogP contribution in [-0.4, -0.2) is 34.8 Å². The standard InChI is InChI=1S/C14H16N4O2S/c1-20-11-6-4-10(5-7-11)12-3-2-8-18(12)14(19)16-13-17-15-9-21-13/h4-7,9,12H,2-3,8H2,1H3,(H,16,17,19)/t12-/m1/s1. The average Bonchev–Trinajstić information content (AvgIpc) is 3.18. The molecule has 0 spiro atoms. The highest BCUT2D eigenvalue weighted by molar-refractivity contribution is 7.13. The Morgan fingerprint density at radius 2 is 2.24 bits per heavy atom. The molecule has 1 saturated heterocycles. The number of aromatic nitrogens is 2. The number of amides is 2. The molecule has 1 aliphatic rings. The molecule has 21 heavy (non-hydrogen) atoms. The maximum Gasteiger partial charge on any atom is 0.324 e. The lowest BCUT2D eigenvalue weighted by Gasteiger charge is -2.24. The van der Waals surface area contributed by atoms with E-state index in [1.807, 2.05) is 29.2 Å². The van der Waals surface area contributed by atoms with Crippen LogP contribution in [0.3, 0.4) is 0 Å². The van der Waals surface area contributed by atoms with Gasteiger partial charge in [0.25, 0.3) is 0 Å². The number of hydrogen-bond donors (Lipinski definition) is 1. The lowest BCUT2D eigenvalue weighted by Crippen LogP contribution is -2.34. The average molecular weight is 304 g/mol. The number of nitrogens with zero attached hydrogens (tertiary/aromatic N) is 3. The molecule has 2 aromatic rings. The van der Waals surface area contributed by atoms with Crippen LogP contribution >= 0.6 is 11.3 Å². The van der Waals surface area contributed by atoms with Crippen LogP contribution in [0.2, 0.25) is 0 Å². The quantitative estimate of drug-likeness (QED) is 0.946. The number of rotatable bonds is 3. The molecule has 0 aliphatic carbocycles. The van der Waals surface area contributed by atoms with E-state index in [2.05, 4.69) is 15.5 Å². The third-order valence-corrected chi connectivity index (χ3v) is 4.19. The van der Waals surface area contributed by atoms with Crippen molar-refractivity contribution in [3.05, 3.63) is 35.3 Å². The third-order valence-electron chi connectivity index (χ3n) is 3.59. The second-order valence-corrected chi connectivity index (χ2v) is 5.63. The Balaban J connectivity index is 1.73. The van der Waals surface area contributed by atoms with E-state index in [0.29, 0.717) is 5.13 Å². The van der Waals surface area contributed by atoms with Crippen LogP contribution < -0.4 is 10.1 Å². The normalized spacial score (nSPS) is 17.8. The van der Waals surface area contributed by atoms with Crippen molar-refractivity contribution in [2.45, 2.75) is 18.9 Å². The Morgan fingerprint density at radius 1 is 1.43 bits per heavy atom. The fraction of sp³-hybridized carbons (Fsp3) is 0.357. The number of likely N-dealkylation sites (tertiary alicyclic amines) is 1. The van der Waals surface area contributed by atoms with E-state index in [1.165, 1.54) is 11.3 Å². The van der Waals surface area contributed by atoms with Crippen LogP contribution in [0.4, 0.5) is 9.93 Å². The smallest absolute Gasteiger partial charge is 0.324 e. The summed E-state index contributed by atoms with van der Waals surface area (Å²) in [5, 5.41) is 10.9. The molecule has 1 fully saturated rings. The van der Waals surface area contributed by atoms with Gasteiger partial charge in [-0.3, -0.25) is 5.32 Å². The first-order valence-corrected chi connectivity index (χ1v) is 7.63. The van der Waals surface area contributed by atoms with Crippen molar-refractivity contribution >= 4 is 22.5 Å². The summed E-state index contributed by atoms with van der Waals surface area (Å²) in [7, 11) is 1.65. The summed E-state index contributed by atoms with van der Waals surface area (Å²) >= 11 is 1.31. The van der Waals surface area contributed by atoms with Crippen LogP contribution in [0.15, 0.2) is 29.8 Å². The maximum absolute atomic E-state index is 12.3. The number of benzene rings is 1. The summed E-state index contributed by atoms with van der Waals surface area (Å²) in [6.07, 6.45) is 1.97. The Bertz CT molecular complexity index is 600. The van der Waals surface area contributed by atoms with E-state index in [1.54, 1.807) is 12.6 Å². The molecule has 0 saturated carbocycles. The first-order chi connectivity index (χ1) is 10.3. The van der Waals surface area contributed by atoms with Crippen LogP contribution in [0.25, 0.3) is 0 Å². The lowest BCUT2D eigenvalue weighted by atomic mass is 10.0. The van der Waals surface area contributed by atoms with Gasteiger partial charge in [0.1, 0.15) is 11.3 Å². The number of anilines is 1. The molecule has 7 heteroatoms. The number of ether oxygens (including phenoxy) is 1. The van der Waals surface area contributed by atoms with E-state index in [4.69, 9.17) is 4.74 Å². The monoisotopic (exact) mass is 304 g/mol. The minimum atomic E-state index is -0.120. The van der Waals surface area contributed by atoms with Gasteiger partial charge in [-0.15, -0.1) is 10.2 Å². The molecule has 1 atom stereocenters. The Labute approximate surface area is 126 Å². The minimum Gasteiger partial charge on any atom is -0.497 e. The highest BCUT2D eigenvalue weighted by Gasteiger charge is 2.30. The molecule has 1 aromatic carbocycles. The van der Waals surface area contributed by atoms with Crippen LogP contribution in [0.1, 0.15) is 24.4 Å². The molecule has 2 amide bonds. The van der Waals surface area contributed by atoms with Gasteiger partial charge in [-0.05, 0) is 30.5 Å². The topological polar surface area (TPSA) is 67.3 Å². The van der Waals surface area contributed by atoms with Gasteiger partial charge in [0.05, 0.1) is 13.2 Å². The summed E-state index contributed by atoms with van der Waals surface area (Å²) in [5.74, 6) is 0.821. The predicted octanol–water partition coefficient (Wildman–Crippen LogP) is 2.92. The van der Waals surface area contributed by atoms with E-state index in [-0.39, 0.29) is 12.1 Å². The maximum atomic E-state index is 12.3. The number of nitrogens with one attached hydrogen (secondary N) is 1. The summed E-state index contributed by atoms with van der Waals surface area (Å²) < 4.78 is 5.17. The molecule has 3 rings (SSSR count). The van der Waals surface area contributed by atoms with Gasteiger partial charge in [-0.1, -0.05) is 23.5 Å². The molecule has 6 nitrogen and oxygen atoms in total. The van der Waals surface area contributed by atoms with Crippen molar-refractivity contribution in [3.63, 3.8) is 0 Å². The first-order valence-electron chi connectivity index (χ1n) is 6.75. The summed E-state index contributed by atoms with van der Waals surface area (Å²) in [6, 6.07) is 7.86. The van der Waals surface area contributed by atoms with Gasteiger partial charge in [-0.2, -0.15) is 0 Å². The highest BCUT2D eigenvalue weighted by Crippen LogP contribution is 2.33. The molecule has 110 valence electrons. The van der Waals surface area contributed by atoms with E-state index >= 15 is 0 Å². The van der Waals surface area contributed by atoms with Gasteiger partial charge in [0.2, 0.25) is 5.13 Å². The van der Waals surface area contributed by atoms with Crippen molar-refractivity contribution in [2.75, 3.05) is 19.0 Å². The van der Waals surface area contributed by atoms with Crippen molar-refractivity contribution in [1.29, 1.82) is 0 Å². The van der Waals surface area contributed by atoms with Gasteiger partial charge in [0.15, 0.2) is 0 Å². The van der Waals surface area contributed by atoms with Crippen molar-refractivity contribution in [3.8, 4) is 5.75 Å². The van der Waals surface area contributed by atoms with Gasteiger partial charge in [-0.25, -0.2) is 4.79 Å². The van der Waals surface area contributed by atoms with Gasteiger partial charge in [0, 0.05) is 6.54 Å². The zero-order chi connectivity index (χ0) is 14.7. The molecule has 0 radical (unpaired) electrons. The lowest BCUT2D eigenvalue weighted by molar-refractivity contribution is 0.207. The number of carbonyl (C=O) groups is 1. The number of methoxy groups -OCH3 is 1. The Hall–Kier alpha value is -2.15. The zero-order valence-corrected chi connectivity index (χ0v) is 12.5. The van der Waals surface area contributed by atoms with Crippen LogP contribution in [0.5, 0.6) is 5.75 Å². The second-order valence-electron chi connectivity index (χ2n) is 4.80. The van der Waals surface area contributed by atoms with Gasteiger partial charge < -0.3 is 9.64 Å². The molecule has 1 aliphatic heterocycles. The van der Waals surface area contributed by atoms with Gasteiger partial charge >= 0.3 is 6.03 Å². The van der Waals surface area contributed by atoms with Crippen molar-refractivity contribution < 1.29 is 9.53 Å². The van der Waals surface area contributed by atoms with E-state index in [9.17, 15) is 4.79 Å². The third kappa shape index (κ3) is 2.97. The number of hydrogen-bond acceptors (Lipinski definition) is 5. The second kappa shape index (κ2) is 6.09. The summed E-state index contributed by atoms with van der Waals surface area (Å²) in [6.45, 7) is 0.751. The van der Waals surface area contributed by atoms with Crippen molar-refractivity contribution in [2.24, 2.45) is 0 Å². The molecule has 0 unspecified atom stereocenters.